The molecule has 1 saturated heterocycles. The van der Waals surface area contributed by atoms with E-state index < -0.39 is 19.5 Å². The van der Waals surface area contributed by atoms with E-state index in [0.717, 1.165) is 5.56 Å². The molecule has 0 aromatic heterocycles. The van der Waals surface area contributed by atoms with E-state index in [2.05, 4.69) is 46.0 Å². The van der Waals surface area contributed by atoms with Crippen LogP contribution in [0.15, 0.2) is 30.3 Å². The summed E-state index contributed by atoms with van der Waals surface area (Å²) in [6, 6.07) is 10.1. The van der Waals surface area contributed by atoms with Crippen molar-refractivity contribution in [3.05, 3.63) is 35.9 Å². The molecule has 0 spiro atoms. The fourth-order valence-corrected chi connectivity index (χ4v) is 5.05. The Bertz CT molecular complexity index is 794. The van der Waals surface area contributed by atoms with Crippen molar-refractivity contribution in [3.63, 3.8) is 0 Å². The third-order valence-corrected chi connectivity index (χ3v) is 11.2. The maximum atomic E-state index is 12.2. The first-order chi connectivity index (χ1) is 16.0. The molecule has 0 amide bonds. The van der Waals surface area contributed by atoms with Crippen molar-refractivity contribution in [2.45, 2.75) is 117 Å². The number of rotatable bonds is 11. The lowest BCUT2D eigenvalue weighted by atomic mass is 9.97. The molecule has 1 heterocycles. The van der Waals surface area contributed by atoms with Crippen molar-refractivity contribution in [3.8, 4) is 0 Å². The molecular formula is C28H48O6Si. The Hall–Kier alpha value is -1.25. The van der Waals surface area contributed by atoms with Gasteiger partial charge in [-0.15, -0.1) is 0 Å². The minimum absolute atomic E-state index is 0.0538. The van der Waals surface area contributed by atoms with Crippen LogP contribution in [-0.2, 0) is 34.8 Å². The second-order valence-electron chi connectivity index (χ2n) is 12.6. The minimum Gasteiger partial charge on any atom is -0.465 e. The van der Waals surface area contributed by atoms with Crippen molar-refractivity contribution in [1.29, 1.82) is 0 Å². The number of esters is 1. The maximum absolute atomic E-state index is 12.2. The summed E-state index contributed by atoms with van der Waals surface area (Å²) in [5.41, 5.74) is 0.613. The van der Waals surface area contributed by atoms with Gasteiger partial charge >= 0.3 is 5.97 Å². The van der Waals surface area contributed by atoms with Crippen LogP contribution in [0.1, 0.15) is 73.8 Å². The zero-order valence-corrected chi connectivity index (χ0v) is 24.6. The summed E-state index contributed by atoms with van der Waals surface area (Å²) in [7, 11) is -2.09. The van der Waals surface area contributed by atoms with E-state index in [1.54, 1.807) is 0 Å². The van der Waals surface area contributed by atoms with E-state index in [9.17, 15) is 4.79 Å². The summed E-state index contributed by atoms with van der Waals surface area (Å²) in [5.74, 6) is -0.910. The van der Waals surface area contributed by atoms with Crippen LogP contribution >= 0.6 is 0 Å². The normalized spacial score (nSPS) is 21.7. The van der Waals surface area contributed by atoms with Crippen LogP contribution in [0.5, 0.6) is 0 Å². The van der Waals surface area contributed by atoms with Gasteiger partial charge in [0.2, 0.25) is 0 Å². The molecule has 0 unspecified atom stereocenters. The molecule has 6 nitrogen and oxygen atoms in total. The Morgan fingerprint density at radius 3 is 2.26 bits per heavy atom. The standard InChI is InChI=1S/C28H48O6Si/c1-26(2,3)25(29)31-18-14-17-22(34-35(9,10)27(4,5)6)24-23(32-28(7,8)33-24)20-30-19-21-15-12-11-13-16-21/h11-13,15-16,22-24H,14,17-20H2,1-10H3/t22-,23-,24+/m1/s1. The predicted molar refractivity (Wildman–Crippen MR) is 142 cm³/mol. The molecule has 1 aromatic rings. The first-order valence-electron chi connectivity index (χ1n) is 12.8. The summed E-state index contributed by atoms with van der Waals surface area (Å²) in [5, 5.41) is 0.0538. The smallest absolute Gasteiger partial charge is 0.311 e. The predicted octanol–water partition coefficient (Wildman–Crippen LogP) is 6.48. The van der Waals surface area contributed by atoms with E-state index in [1.807, 2.05) is 52.8 Å². The molecule has 0 radical (unpaired) electrons. The molecule has 35 heavy (non-hydrogen) atoms. The average Bonchev–Trinajstić information content (AvgIpc) is 3.03. The Balaban J connectivity index is 2.11. The van der Waals surface area contributed by atoms with Gasteiger partial charge in [-0.3, -0.25) is 4.79 Å². The molecule has 1 aliphatic rings. The van der Waals surface area contributed by atoms with Crippen LogP contribution in [0.25, 0.3) is 0 Å². The minimum atomic E-state index is -2.09. The van der Waals surface area contributed by atoms with Gasteiger partial charge in [-0.1, -0.05) is 51.1 Å². The Labute approximate surface area is 214 Å². The number of carbonyl (C=O) groups excluding carboxylic acids is 1. The molecule has 7 heteroatoms. The highest BCUT2D eigenvalue weighted by Crippen LogP contribution is 2.40. The Morgan fingerprint density at radius 1 is 1.06 bits per heavy atom. The van der Waals surface area contributed by atoms with Gasteiger partial charge in [0.05, 0.1) is 31.3 Å². The summed E-state index contributed by atoms with van der Waals surface area (Å²) < 4.78 is 31.1. The summed E-state index contributed by atoms with van der Waals surface area (Å²) in [4.78, 5) is 12.2. The van der Waals surface area contributed by atoms with Crippen molar-refractivity contribution < 1.29 is 28.2 Å². The lowest BCUT2D eigenvalue weighted by Crippen LogP contribution is -2.50. The number of benzene rings is 1. The summed E-state index contributed by atoms with van der Waals surface area (Å²) in [6.45, 7) is 22.0. The Morgan fingerprint density at radius 2 is 1.69 bits per heavy atom. The van der Waals surface area contributed by atoms with Gasteiger partial charge in [0, 0.05) is 0 Å². The molecule has 200 valence electrons. The Kier molecular flexibility index (Phi) is 10.2. The average molecular weight is 509 g/mol. The van der Waals surface area contributed by atoms with Crippen LogP contribution in [0.2, 0.25) is 18.1 Å². The summed E-state index contributed by atoms with van der Waals surface area (Å²) >= 11 is 0. The van der Waals surface area contributed by atoms with Crippen LogP contribution in [0.3, 0.4) is 0 Å². The van der Waals surface area contributed by atoms with Crippen molar-refractivity contribution in [1.82, 2.24) is 0 Å². The van der Waals surface area contributed by atoms with Crippen molar-refractivity contribution >= 4 is 14.3 Å². The van der Waals surface area contributed by atoms with E-state index in [0.29, 0.717) is 32.7 Å². The number of ether oxygens (including phenoxy) is 4. The second-order valence-corrected chi connectivity index (χ2v) is 17.3. The fraction of sp³-hybridized carbons (Fsp3) is 0.750. The highest BCUT2D eigenvalue weighted by Gasteiger charge is 2.48. The molecule has 1 aliphatic heterocycles. The zero-order chi connectivity index (χ0) is 26.5. The summed E-state index contributed by atoms with van der Waals surface area (Å²) in [6.07, 6.45) is 0.701. The molecule has 2 rings (SSSR count). The van der Waals surface area contributed by atoms with Gasteiger partial charge in [-0.05, 0) is 71.2 Å². The third-order valence-electron chi connectivity index (χ3n) is 6.71. The van der Waals surface area contributed by atoms with Gasteiger partial charge in [0.15, 0.2) is 14.1 Å². The zero-order valence-electron chi connectivity index (χ0n) is 23.6. The third kappa shape index (κ3) is 9.28. The topological polar surface area (TPSA) is 63.2 Å². The van der Waals surface area contributed by atoms with Gasteiger partial charge in [0.25, 0.3) is 0 Å². The molecule has 0 bridgehead atoms. The monoisotopic (exact) mass is 508 g/mol. The van der Waals surface area contributed by atoms with E-state index >= 15 is 0 Å². The first kappa shape index (κ1) is 30.0. The lowest BCUT2D eigenvalue weighted by Gasteiger charge is -2.41. The van der Waals surface area contributed by atoms with E-state index in [4.69, 9.17) is 23.4 Å². The molecule has 1 aromatic carbocycles. The van der Waals surface area contributed by atoms with Crippen molar-refractivity contribution in [2.75, 3.05) is 13.2 Å². The SMILES string of the molecule is CC1(C)O[C@@H]([C@@H](CCCOC(=O)C(C)(C)C)O[Si](C)(C)C(C)(C)C)[C@@H](COCc2ccccc2)O1. The quantitative estimate of drug-likeness (QED) is 0.194. The molecule has 0 N–H and O–H groups in total. The fourth-order valence-electron chi connectivity index (χ4n) is 3.69. The maximum Gasteiger partial charge on any atom is 0.311 e. The highest BCUT2D eigenvalue weighted by molar-refractivity contribution is 6.74. The highest BCUT2D eigenvalue weighted by atomic mass is 28.4. The number of hydrogen-bond donors (Lipinski definition) is 0. The molecule has 1 fully saturated rings. The van der Waals surface area contributed by atoms with E-state index in [-0.39, 0.29) is 29.3 Å². The number of hydrogen-bond acceptors (Lipinski definition) is 6. The first-order valence-corrected chi connectivity index (χ1v) is 15.7. The molecular weight excluding hydrogens is 460 g/mol. The molecule has 3 atom stereocenters. The van der Waals surface area contributed by atoms with Crippen LogP contribution in [0, 0.1) is 5.41 Å². The van der Waals surface area contributed by atoms with Crippen LogP contribution in [-0.4, -0.2) is 51.6 Å². The molecule has 0 aliphatic carbocycles. The van der Waals surface area contributed by atoms with E-state index in [1.165, 1.54) is 0 Å². The lowest BCUT2D eigenvalue weighted by molar-refractivity contribution is -0.158. The van der Waals surface area contributed by atoms with Gasteiger partial charge in [-0.2, -0.15) is 0 Å². The van der Waals surface area contributed by atoms with Crippen LogP contribution in [0.4, 0.5) is 0 Å². The van der Waals surface area contributed by atoms with Gasteiger partial charge < -0.3 is 23.4 Å². The largest absolute Gasteiger partial charge is 0.465 e. The van der Waals surface area contributed by atoms with Crippen LogP contribution < -0.4 is 0 Å². The molecule has 0 saturated carbocycles. The van der Waals surface area contributed by atoms with Gasteiger partial charge in [-0.25, -0.2) is 0 Å². The van der Waals surface area contributed by atoms with Gasteiger partial charge in [0.1, 0.15) is 12.2 Å². The van der Waals surface area contributed by atoms with Crippen molar-refractivity contribution in [2.24, 2.45) is 5.41 Å². The second kappa shape index (κ2) is 11.9. The number of carbonyl (C=O) groups is 1.